The number of aromatic nitrogens is 1. The van der Waals surface area contributed by atoms with Crippen LogP contribution in [0.1, 0.15) is 53.3 Å². The number of likely N-dealkylation sites (N-methyl/N-ethyl adjacent to an activating group) is 1. The molecule has 1 aromatic carbocycles. The molecule has 9 heteroatoms. The number of hydrogen-bond acceptors (Lipinski definition) is 4. The summed E-state index contributed by atoms with van der Waals surface area (Å²) in [6, 6.07) is 9.26. The maximum Gasteiger partial charge on any atom is 0.270 e. The second-order valence-corrected chi connectivity index (χ2v) is 10.3. The highest BCUT2D eigenvalue weighted by molar-refractivity contribution is 7.89. The summed E-state index contributed by atoms with van der Waals surface area (Å²) in [5.41, 5.74) is 2.57. The first-order chi connectivity index (χ1) is 14.9. The van der Waals surface area contributed by atoms with E-state index in [1.165, 1.54) is 24.9 Å². The number of nitrogens with one attached hydrogen (secondary N) is 2. The van der Waals surface area contributed by atoms with Crippen molar-refractivity contribution >= 4 is 21.8 Å². The molecule has 2 aromatic rings. The van der Waals surface area contributed by atoms with Gasteiger partial charge < -0.3 is 15.2 Å². The molecule has 2 aliphatic rings. The van der Waals surface area contributed by atoms with E-state index in [4.69, 9.17) is 0 Å². The number of nitrogens with zero attached hydrogens (tertiary/aromatic N) is 2. The first-order valence-electron chi connectivity index (χ1n) is 10.7. The number of likely N-dealkylation sites (tertiary alicyclic amines) is 1. The zero-order valence-electron chi connectivity index (χ0n) is 17.6. The highest BCUT2D eigenvalue weighted by Crippen LogP contribution is 2.29. The summed E-state index contributed by atoms with van der Waals surface area (Å²) in [7, 11) is -2.53. The number of rotatable bonds is 6. The first-order valence-corrected chi connectivity index (χ1v) is 12.1. The third kappa shape index (κ3) is 4.52. The van der Waals surface area contributed by atoms with Crippen LogP contribution in [0.25, 0.3) is 0 Å². The molecule has 1 aliphatic heterocycles. The van der Waals surface area contributed by atoms with Gasteiger partial charge in [0, 0.05) is 26.3 Å². The lowest BCUT2D eigenvalue weighted by Crippen LogP contribution is -2.40. The largest absolute Gasteiger partial charge is 0.356 e. The number of aromatic amines is 1. The molecule has 2 amide bonds. The molecule has 1 saturated heterocycles. The zero-order valence-corrected chi connectivity index (χ0v) is 18.5. The highest BCUT2D eigenvalue weighted by atomic mass is 32.2. The van der Waals surface area contributed by atoms with E-state index in [1.54, 1.807) is 4.90 Å². The van der Waals surface area contributed by atoms with Gasteiger partial charge in [-0.1, -0.05) is 24.3 Å². The Hall–Kier alpha value is -2.65. The van der Waals surface area contributed by atoms with Crippen LogP contribution in [-0.2, 0) is 21.2 Å². The normalized spacial score (nSPS) is 18.8. The van der Waals surface area contributed by atoms with Crippen molar-refractivity contribution in [3.8, 4) is 0 Å². The maximum absolute atomic E-state index is 12.9. The van der Waals surface area contributed by atoms with Crippen LogP contribution in [0, 0.1) is 0 Å². The molecule has 1 fully saturated rings. The molecule has 166 valence electrons. The highest BCUT2D eigenvalue weighted by Gasteiger charge is 2.28. The molecular formula is C22H28N4O4S. The van der Waals surface area contributed by atoms with Crippen molar-refractivity contribution in [2.24, 2.45) is 0 Å². The SMILES string of the molecule is CN(CC(=O)NC1CCCc2ccccc21)S(=O)(=O)c1c[nH]c(C(=O)N2CCCC2)c1. The van der Waals surface area contributed by atoms with Gasteiger partial charge in [0.15, 0.2) is 0 Å². The van der Waals surface area contributed by atoms with Crippen molar-refractivity contribution < 1.29 is 18.0 Å². The zero-order chi connectivity index (χ0) is 22.0. The van der Waals surface area contributed by atoms with Crippen LogP contribution in [0.15, 0.2) is 41.4 Å². The molecule has 1 atom stereocenters. The van der Waals surface area contributed by atoms with Crippen LogP contribution < -0.4 is 5.32 Å². The molecule has 1 aromatic heterocycles. The Bertz CT molecular complexity index is 1070. The van der Waals surface area contributed by atoms with E-state index < -0.39 is 10.0 Å². The van der Waals surface area contributed by atoms with E-state index in [-0.39, 0.29) is 35.0 Å². The summed E-state index contributed by atoms with van der Waals surface area (Å²) < 4.78 is 26.9. The number of sulfonamides is 1. The molecule has 2 N–H and O–H groups in total. The lowest BCUT2D eigenvalue weighted by molar-refractivity contribution is -0.122. The number of carbonyl (C=O) groups excluding carboxylic acids is 2. The van der Waals surface area contributed by atoms with E-state index in [9.17, 15) is 18.0 Å². The van der Waals surface area contributed by atoms with Crippen LogP contribution in [-0.4, -0.2) is 61.1 Å². The Labute approximate surface area is 182 Å². The van der Waals surface area contributed by atoms with Crippen LogP contribution in [0.3, 0.4) is 0 Å². The van der Waals surface area contributed by atoms with Gasteiger partial charge in [-0.05, 0) is 49.3 Å². The van der Waals surface area contributed by atoms with Gasteiger partial charge in [-0.3, -0.25) is 9.59 Å². The van der Waals surface area contributed by atoms with Crippen LogP contribution in [0.5, 0.6) is 0 Å². The predicted octanol–water partition coefficient (Wildman–Crippen LogP) is 2.06. The smallest absolute Gasteiger partial charge is 0.270 e. The van der Waals surface area contributed by atoms with E-state index in [2.05, 4.69) is 16.4 Å². The molecule has 1 unspecified atom stereocenters. The third-order valence-electron chi connectivity index (χ3n) is 6.06. The second-order valence-electron chi connectivity index (χ2n) is 8.22. The van der Waals surface area contributed by atoms with Crippen molar-refractivity contribution in [2.75, 3.05) is 26.7 Å². The molecule has 0 radical (unpaired) electrons. The van der Waals surface area contributed by atoms with E-state index in [1.807, 2.05) is 18.2 Å². The van der Waals surface area contributed by atoms with Gasteiger partial charge in [0.05, 0.1) is 12.6 Å². The van der Waals surface area contributed by atoms with E-state index in [0.717, 1.165) is 42.0 Å². The number of fused-ring (bicyclic) bond motifs is 1. The quantitative estimate of drug-likeness (QED) is 0.712. The monoisotopic (exact) mass is 444 g/mol. The summed E-state index contributed by atoms with van der Waals surface area (Å²) >= 11 is 0. The van der Waals surface area contributed by atoms with Gasteiger partial charge in [0.25, 0.3) is 5.91 Å². The standard InChI is InChI=1S/C22H28N4O4S/c1-25(15-21(27)24-19-10-6-8-16-7-2-3-9-18(16)19)31(29,30)17-13-20(23-14-17)22(28)26-11-4-5-12-26/h2-3,7,9,13-14,19,23H,4-6,8,10-12,15H2,1H3,(H,24,27). The Balaban J connectivity index is 1.40. The predicted molar refractivity (Wildman–Crippen MR) is 116 cm³/mol. The molecule has 0 saturated carbocycles. The Morgan fingerprint density at radius 2 is 1.94 bits per heavy atom. The van der Waals surface area contributed by atoms with E-state index in [0.29, 0.717) is 13.1 Å². The topological polar surface area (TPSA) is 103 Å². The van der Waals surface area contributed by atoms with Gasteiger partial charge in [0.2, 0.25) is 15.9 Å². The van der Waals surface area contributed by atoms with Crippen molar-refractivity contribution in [1.82, 2.24) is 19.5 Å². The summed E-state index contributed by atoms with van der Waals surface area (Å²) in [6.45, 7) is 1.08. The maximum atomic E-state index is 12.9. The van der Waals surface area contributed by atoms with Gasteiger partial charge in [-0.2, -0.15) is 4.31 Å². The Kier molecular flexibility index (Phi) is 6.15. The number of H-pyrrole nitrogens is 1. The molecule has 8 nitrogen and oxygen atoms in total. The number of hydrogen-bond donors (Lipinski definition) is 2. The molecule has 0 spiro atoms. The molecule has 2 heterocycles. The van der Waals surface area contributed by atoms with E-state index >= 15 is 0 Å². The van der Waals surface area contributed by atoms with Crippen molar-refractivity contribution in [2.45, 2.75) is 43.0 Å². The molecule has 1 aliphatic carbocycles. The minimum absolute atomic E-state index is 0.0200. The Morgan fingerprint density at radius 1 is 1.19 bits per heavy atom. The van der Waals surface area contributed by atoms with Crippen LogP contribution in [0.2, 0.25) is 0 Å². The third-order valence-corrected chi connectivity index (χ3v) is 7.84. The van der Waals surface area contributed by atoms with Crippen molar-refractivity contribution in [1.29, 1.82) is 0 Å². The van der Waals surface area contributed by atoms with Gasteiger partial charge in [0.1, 0.15) is 10.6 Å². The summed E-state index contributed by atoms with van der Waals surface area (Å²) in [5.74, 6) is -0.549. The molecule has 31 heavy (non-hydrogen) atoms. The molecular weight excluding hydrogens is 416 g/mol. The fraction of sp³-hybridized carbons (Fsp3) is 0.455. The Morgan fingerprint density at radius 3 is 2.71 bits per heavy atom. The fourth-order valence-corrected chi connectivity index (χ4v) is 5.47. The van der Waals surface area contributed by atoms with Crippen molar-refractivity contribution in [3.63, 3.8) is 0 Å². The van der Waals surface area contributed by atoms with Gasteiger partial charge >= 0.3 is 0 Å². The summed E-state index contributed by atoms with van der Waals surface area (Å²) in [4.78, 5) is 29.6. The minimum Gasteiger partial charge on any atom is -0.356 e. The van der Waals surface area contributed by atoms with Crippen LogP contribution in [0.4, 0.5) is 0 Å². The van der Waals surface area contributed by atoms with Crippen molar-refractivity contribution in [3.05, 3.63) is 53.3 Å². The first kappa shape index (κ1) is 21.6. The number of aryl methyl sites for hydroxylation is 1. The molecule has 4 rings (SSSR count). The average molecular weight is 445 g/mol. The number of amides is 2. The number of carbonyl (C=O) groups is 2. The van der Waals surface area contributed by atoms with Gasteiger partial charge in [-0.25, -0.2) is 8.42 Å². The van der Waals surface area contributed by atoms with Gasteiger partial charge in [-0.15, -0.1) is 0 Å². The summed E-state index contributed by atoms with van der Waals surface area (Å²) in [6.07, 6.45) is 6.03. The number of benzene rings is 1. The lowest BCUT2D eigenvalue weighted by atomic mass is 9.88. The van der Waals surface area contributed by atoms with Crippen LogP contribution >= 0.6 is 0 Å². The minimum atomic E-state index is -3.90. The lowest BCUT2D eigenvalue weighted by Gasteiger charge is -2.27. The average Bonchev–Trinajstić information content (AvgIpc) is 3.46. The fourth-order valence-electron chi connectivity index (χ4n) is 4.35. The summed E-state index contributed by atoms with van der Waals surface area (Å²) in [5, 5.41) is 2.98. The molecule has 0 bridgehead atoms. The second kappa shape index (κ2) is 8.84.